The summed E-state index contributed by atoms with van der Waals surface area (Å²) in [5, 5.41) is 10.0. The van der Waals surface area contributed by atoms with Crippen LogP contribution in [0.25, 0.3) is 0 Å². The van der Waals surface area contributed by atoms with E-state index >= 15 is 0 Å². The molecule has 148 valence electrons. The lowest BCUT2D eigenvalue weighted by atomic mass is 9.96. The van der Waals surface area contributed by atoms with Gasteiger partial charge in [-0.2, -0.15) is 18.4 Å². The van der Waals surface area contributed by atoms with Crippen molar-refractivity contribution < 1.29 is 26.7 Å². The van der Waals surface area contributed by atoms with Crippen molar-refractivity contribution >= 4 is 46.4 Å². The molecule has 2 rings (SSSR count). The van der Waals surface area contributed by atoms with E-state index in [0.29, 0.717) is 12.1 Å². The Kier molecular flexibility index (Phi) is 6.44. The van der Waals surface area contributed by atoms with Crippen LogP contribution in [0.5, 0.6) is 0 Å². The van der Waals surface area contributed by atoms with Crippen LogP contribution in [0.3, 0.4) is 0 Å². The van der Waals surface area contributed by atoms with Gasteiger partial charge >= 0.3 is 6.18 Å². The van der Waals surface area contributed by atoms with Crippen LogP contribution < -0.4 is 5.32 Å². The third kappa shape index (κ3) is 4.17. The predicted octanol–water partition coefficient (Wildman–Crippen LogP) is 6.47. The van der Waals surface area contributed by atoms with Gasteiger partial charge in [0.2, 0.25) is 0 Å². The van der Waals surface area contributed by atoms with Crippen LogP contribution in [0.4, 0.5) is 27.6 Å². The summed E-state index contributed by atoms with van der Waals surface area (Å²) in [5.74, 6) is -0.796. The zero-order chi connectivity index (χ0) is 21.3. The highest BCUT2D eigenvalue weighted by Gasteiger charge is 2.58. The molecule has 0 saturated heterocycles. The second-order valence-electron chi connectivity index (χ2n) is 5.51. The molecule has 0 radical (unpaired) electrons. The maximum absolute atomic E-state index is 14.1. The molecular formula is C17H8Cl3F5N2O. The number of carbonyl (C=O) groups is 1. The van der Waals surface area contributed by atoms with E-state index in [1.165, 1.54) is 18.2 Å². The Hall–Kier alpha value is -2.08. The molecule has 0 saturated carbocycles. The molecule has 1 N–H and O–H groups in total. The van der Waals surface area contributed by atoms with Gasteiger partial charge in [0.1, 0.15) is 12.7 Å². The lowest BCUT2D eigenvalue weighted by molar-refractivity contribution is -0.240. The number of carbonyl (C=O) groups excluding carboxylic acids is 1. The van der Waals surface area contributed by atoms with Gasteiger partial charge in [0, 0.05) is 11.1 Å². The molecule has 0 bridgehead atoms. The number of alkyl halides is 5. The molecule has 0 aliphatic rings. The summed E-state index contributed by atoms with van der Waals surface area (Å²) in [6.07, 6.45) is -5.54. The van der Waals surface area contributed by atoms with E-state index in [9.17, 15) is 26.7 Å². The fourth-order valence-electron chi connectivity index (χ4n) is 2.17. The highest BCUT2D eigenvalue weighted by atomic mass is 35.5. The van der Waals surface area contributed by atoms with E-state index in [4.69, 9.17) is 40.1 Å². The van der Waals surface area contributed by atoms with Crippen molar-refractivity contribution in [2.45, 2.75) is 11.8 Å². The first-order chi connectivity index (χ1) is 12.9. The first kappa shape index (κ1) is 22.2. The normalized spacial score (nSPS) is 13.5. The monoisotopic (exact) mass is 456 g/mol. The number of benzene rings is 2. The number of hydrogen-bond donors (Lipinski definition) is 1. The zero-order valence-corrected chi connectivity index (χ0v) is 15.7. The van der Waals surface area contributed by atoms with Gasteiger partial charge in [0.25, 0.3) is 11.6 Å². The topological polar surface area (TPSA) is 52.9 Å². The third-order valence-corrected chi connectivity index (χ3v) is 4.63. The average Bonchev–Trinajstić information content (AvgIpc) is 2.62. The van der Waals surface area contributed by atoms with Gasteiger partial charge in [-0.25, -0.2) is 8.78 Å². The van der Waals surface area contributed by atoms with Crippen LogP contribution >= 0.6 is 34.8 Å². The summed E-state index contributed by atoms with van der Waals surface area (Å²) in [6.45, 7) is -2.38. The first-order valence-corrected chi connectivity index (χ1v) is 8.40. The first-order valence-electron chi connectivity index (χ1n) is 7.26. The van der Waals surface area contributed by atoms with Gasteiger partial charge in [-0.3, -0.25) is 4.79 Å². The molecule has 2 aromatic carbocycles. The minimum Gasteiger partial charge on any atom is -0.319 e. The minimum atomic E-state index is -5.54. The smallest absolute Gasteiger partial charge is 0.319 e. The van der Waals surface area contributed by atoms with Crippen molar-refractivity contribution in [3.05, 3.63) is 62.1 Å². The number of nitrogens with zero attached hydrogens (tertiary/aromatic N) is 1. The Morgan fingerprint density at radius 2 is 1.61 bits per heavy atom. The summed E-state index contributed by atoms with van der Waals surface area (Å²) >= 11 is 17.5. The molecule has 0 fully saturated rings. The van der Waals surface area contributed by atoms with Gasteiger partial charge in [0.05, 0.1) is 26.3 Å². The van der Waals surface area contributed by atoms with E-state index in [-0.39, 0.29) is 21.8 Å². The van der Waals surface area contributed by atoms with E-state index in [1.54, 1.807) is 6.07 Å². The second-order valence-corrected chi connectivity index (χ2v) is 6.73. The van der Waals surface area contributed by atoms with E-state index in [2.05, 4.69) is 5.32 Å². The Labute approximate surface area is 170 Å². The van der Waals surface area contributed by atoms with Gasteiger partial charge in [0.15, 0.2) is 0 Å². The number of nitriles is 1. The molecule has 2 aromatic rings. The van der Waals surface area contributed by atoms with E-state index < -0.39 is 40.0 Å². The Bertz CT molecular complexity index is 951. The van der Waals surface area contributed by atoms with E-state index in [0.717, 1.165) is 0 Å². The number of nitrogens with one attached hydrogen (secondary N) is 1. The van der Waals surface area contributed by atoms with E-state index in [1.807, 2.05) is 0 Å². The van der Waals surface area contributed by atoms with Crippen LogP contribution in [0.1, 0.15) is 21.5 Å². The van der Waals surface area contributed by atoms with Crippen LogP contribution in [-0.2, 0) is 5.67 Å². The molecule has 0 aliphatic carbocycles. The SMILES string of the molecule is N#Cc1ccc(C(=O)Nc2c(Cl)cc(C(F)(CF)C(F)(F)F)cc2Cl)cc1Cl. The summed E-state index contributed by atoms with van der Waals surface area (Å²) < 4.78 is 65.6. The van der Waals surface area contributed by atoms with Gasteiger partial charge < -0.3 is 5.32 Å². The van der Waals surface area contributed by atoms with Crippen LogP contribution in [0.2, 0.25) is 15.1 Å². The summed E-state index contributed by atoms with van der Waals surface area (Å²) in [5.41, 5.74) is -5.63. The molecule has 0 aliphatic heterocycles. The molecule has 3 nitrogen and oxygen atoms in total. The lowest BCUT2D eigenvalue weighted by Gasteiger charge is -2.26. The predicted molar refractivity (Wildman–Crippen MR) is 95.4 cm³/mol. The van der Waals surface area contributed by atoms with Crippen LogP contribution in [0.15, 0.2) is 30.3 Å². The largest absolute Gasteiger partial charge is 0.429 e. The van der Waals surface area contributed by atoms with Crippen LogP contribution in [0, 0.1) is 11.3 Å². The van der Waals surface area contributed by atoms with Crippen molar-refractivity contribution in [1.82, 2.24) is 0 Å². The number of halogens is 8. The fourth-order valence-corrected chi connectivity index (χ4v) is 2.97. The molecule has 1 amide bonds. The second kappa shape index (κ2) is 8.11. The highest BCUT2D eigenvalue weighted by Crippen LogP contribution is 2.46. The number of hydrogen-bond acceptors (Lipinski definition) is 2. The average molecular weight is 458 g/mol. The van der Waals surface area contributed by atoms with Crippen molar-refractivity contribution in [1.29, 1.82) is 5.26 Å². The number of anilines is 1. The van der Waals surface area contributed by atoms with Crippen molar-refractivity contribution in [3.63, 3.8) is 0 Å². The Morgan fingerprint density at radius 1 is 1.04 bits per heavy atom. The maximum Gasteiger partial charge on any atom is 0.429 e. The molecule has 1 unspecified atom stereocenters. The molecule has 28 heavy (non-hydrogen) atoms. The van der Waals surface area contributed by atoms with Crippen molar-refractivity contribution in [3.8, 4) is 6.07 Å². The molecule has 0 spiro atoms. The minimum absolute atomic E-state index is 0.000835. The molecular weight excluding hydrogens is 450 g/mol. The van der Waals surface area contributed by atoms with Crippen LogP contribution in [-0.4, -0.2) is 18.8 Å². The Morgan fingerprint density at radius 3 is 2.04 bits per heavy atom. The Balaban J connectivity index is 2.40. The molecule has 0 heterocycles. The van der Waals surface area contributed by atoms with Crippen molar-refractivity contribution in [2.24, 2.45) is 0 Å². The molecule has 11 heteroatoms. The van der Waals surface area contributed by atoms with Gasteiger partial charge in [-0.1, -0.05) is 34.8 Å². The van der Waals surface area contributed by atoms with Crippen molar-refractivity contribution in [2.75, 3.05) is 12.0 Å². The number of rotatable bonds is 4. The quantitative estimate of drug-likeness (QED) is 0.535. The van der Waals surface area contributed by atoms with Gasteiger partial charge in [-0.15, -0.1) is 0 Å². The number of amides is 1. The summed E-state index contributed by atoms with van der Waals surface area (Å²) in [7, 11) is 0. The standard InChI is InChI=1S/C17H8Cl3F5N2O/c18-11-3-8(1-2-9(11)6-26)15(28)27-14-12(19)4-10(5-13(14)20)16(22,7-21)17(23,24)25/h1-5H,7H2,(H,27,28). The zero-order valence-electron chi connectivity index (χ0n) is 13.5. The van der Waals surface area contributed by atoms with Gasteiger partial charge in [-0.05, 0) is 30.3 Å². The molecule has 1 atom stereocenters. The summed E-state index contributed by atoms with van der Waals surface area (Å²) in [6, 6.07) is 6.60. The maximum atomic E-state index is 14.1. The summed E-state index contributed by atoms with van der Waals surface area (Å²) in [4.78, 5) is 12.3. The fraction of sp³-hybridized carbons (Fsp3) is 0.176. The third-order valence-electron chi connectivity index (χ3n) is 3.72. The highest BCUT2D eigenvalue weighted by molar-refractivity contribution is 6.40. The molecule has 0 aromatic heterocycles. The lowest BCUT2D eigenvalue weighted by Crippen LogP contribution is -2.40.